The summed E-state index contributed by atoms with van der Waals surface area (Å²) in [5, 5.41) is 0. The van der Waals surface area contributed by atoms with Crippen molar-refractivity contribution in [1.29, 1.82) is 0 Å². The van der Waals surface area contributed by atoms with Gasteiger partial charge in [-0.2, -0.15) is 0 Å². The molecule has 0 aromatic heterocycles. The molecule has 1 aromatic carbocycles. The average molecular weight is 162 g/mol. The number of benzene rings is 1. The van der Waals surface area contributed by atoms with Gasteiger partial charge < -0.3 is 0 Å². The highest BCUT2D eigenvalue weighted by Crippen LogP contribution is 2.07. The number of hydrogen-bond donors (Lipinski definition) is 0. The van der Waals surface area contributed by atoms with E-state index in [0.717, 1.165) is 0 Å². The first-order valence-corrected chi connectivity index (χ1v) is 6.30. The Bertz CT molecular complexity index is 251. The molecule has 0 spiro atoms. The van der Waals surface area contributed by atoms with Crippen molar-refractivity contribution >= 4 is 15.6 Å². The predicted molar refractivity (Wildman–Crippen MR) is 54.6 cm³/mol. The normalized spacial score (nSPS) is 11.8. The Morgan fingerprint density at radius 1 is 1.27 bits per heavy atom. The van der Waals surface area contributed by atoms with Gasteiger partial charge in [0.2, 0.25) is 0 Å². The Labute approximate surface area is 70.8 Å². The Morgan fingerprint density at radius 2 is 2.00 bits per heavy atom. The quantitative estimate of drug-likeness (QED) is 0.585. The van der Waals surface area contributed by atoms with E-state index in [9.17, 15) is 0 Å². The lowest BCUT2D eigenvalue weighted by Gasteiger charge is -1.96. The molecule has 0 saturated carbocycles. The fraction of sp³-hybridized carbons (Fsp3) is 0.200. The van der Waals surface area contributed by atoms with Crippen LogP contribution in [0, 0.1) is 6.92 Å². The van der Waals surface area contributed by atoms with Gasteiger partial charge >= 0.3 is 0 Å². The van der Waals surface area contributed by atoms with E-state index in [2.05, 4.69) is 49.5 Å². The van der Waals surface area contributed by atoms with Crippen molar-refractivity contribution < 1.29 is 0 Å². The van der Waals surface area contributed by atoms with Crippen LogP contribution in [0.15, 0.2) is 30.0 Å². The minimum atomic E-state index is 0.0736. The van der Waals surface area contributed by atoms with Gasteiger partial charge in [0.05, 0.1) is 0 Å². The van der Waals surface area contributed by atoms with Crippen LogP contribution in [0.5, 0.6) is 0 Å². The predicted octanol–water partition coefficient (Wildman–Crippen LogP) is 2.18. The largest absolute Gasteiger partial charge is 0.101 e. The van der Waals surface area contributed by atoms with E-state index in [-0.39, 0.29) is 9.52 Å². The highest BCUT2D eigenvalue weighted by molar-refractivity contribution is 6.41. The summed E-state index contributed by atoms with van der Waals surface area (Å²) in [5.41, 5.74) is 5.05. The fourth-order valence-corrected chi connectivity index (χ4v) is 1.51. The Morgan fingerprint density at radius 3 is 2.64 bits per heavy atom. The molecule has 0 nitrogen and oxygen atoms in total. The third-order valence-electron chi connectivity index (χ3n) is 1.72. The molecular weight excluding hydrogens is 148 g/mol. The highest BCUT2D eigenvalue weighted by atomic mass is 28.2. The van der Waals surface area contributed by atoms with E-state index in [1.54, 1.807) is 0 Å². The number of rotatable bonds is 2. The van der Waals surface area contributed by atoms with Crippen LogP contribution in [0.1, 0.15) is 11.1 Å². The Hall–Kier alpha value is -0.823. The van der Waals surface area contributed by atoms with E-state index in [1.807, 2.05) is 0 Å². The fourth-order valence-electron chi connectivity index (χ4n) is 1.02. The van der Waals surface area contributed by atoms with Crippen molar-refractivity contribution in [1.82, 2.24) is 0 Å². The molecule has 11 heavy (non-hydrogen) atoms. The van der Waals surface area contributed by atoms with E-state index in [4.69, 9.17) is 0 Å². The molecule has 1 heteroatoms. The summed E-state index contributed by atoms with van der Waals surface area (Å²) in [7, 11) is 0.0736. The standard InChI is InChI=1S/C10H14Si/c1-9-5-3-4-6-10(9)7-8-11-2/h3-8H,11H2,1-2H3. The van der Waals surface area contributed by atoms with Crippen LogP contribution in [-0.2, 0) is 0 Å². The second-order valence-electron chi connectivity index (χ2n) is 2.67. The molecule has 0 N–H and O–H groups in total. The molecule has 0 fully saturated rings. The zero-order valence-electron chi connectivity index (χ0n) is 7.17. The molecule has 1 aromatic rings. The Balaban J connectivity index is 2.86. The maximum absolute atomic E-state index is 2.32. The molecular formula is C10H14Si. The van der Waals surface area contributed by atoms with Gasteiger partial charge in [-0.1, -0.05) is 36.9 Å². The maximum atomic E-state index is 2.32. The third-order valence-corrected chi connectivity index (χ3v) is 2.43. The summed E-state index contributed by atoms with van der Waals surface area (Å²) in [5.74, 6) is 0. The molecule has 0 saturated heterocycles. The molecule has 0 aliphatic carbocycles. The van der Waals surface area contributed by atoms with Gasteiger partial charge in [-0.15, -0.1) is 5.70 Å². The topological polar surface area (TPSA) is 0 Å². The van der Waals surface area contributed by atoms with Crippen molar-refractivity contribution in [2.45, 2.75) is 13.5 Å². The van der Waals surface area contributed by atoms with Crippen molar-refractivity contribution in [3.05, 3.63) is 41.1 Å². The summed E-state index contributed by atoms with van der Waals surface area (Å²) in [6.45, 7) is 4.44. The zero-order valence-corrected chi connectivity index (χ0v) is 8.59. The molecule has 0 radical (unpaired) electrons. The first-order valence-electron chi connectivity index (χ1n) is 4.06. The molecule has 0 atom stereocenters. The molecule has 0 heterocycles. The molecule has 0 unspecified atom stereocenters. The SMILES string of the molecule is C[SiH2]C=Cc1ccccc1C. The summed E-state index contributed by atoms with van der Waals surface area (Å²) in [6.07, 6.45) is 2.24. The van der Waals surface area contributed by atoms with Crippen molar-refractivity contribution in [3.63, 3.8) is 0 Å². The molecule has 0 amide bonds. The summed E-state index contributed by atoms with van der Waals surface area (Å²) in [6, 6.07) is 8.48. The summed E-state index contributed by atoms with van der Waals surface area (Å²) in [4.78, 5) is 0. The average Bonchev–Trinajstić information content (AvgIpc) is 2.03. The van der Waals surface area contributed by atoms with Gasteiger partial charge in [-0.05, 0) is 18.1 Å². The molecule has 1 rings (SSSR count). The lowest BCUT2D eigenvalue weighted by Crippen LogP contribution is -1.79. The third kappa shape index (κ3) is 2.35. The van der Waals surface area contributed by atoms with Gasteiger partial charge in [-0.25, -0.2) is 0 Å². The zero-order chi connectivity index (χ0) is 8.10. The summed E-state index contributed by atoms with van der Waals surface area (Å²) < 4.78 is 0. The van der Waals surface area contributed by atoms with Crippen LogP contribution in [0.25, 0.3) is 6.08 Å². The minimum Gasteiger partial charge on any atom is -0.101 e. The molecule has 0 aliphatic rings. The maximum Gasteiger partial charge on any atom is 0.0423 e. The smallest absolute Gasteiger partial charge is 0.0423 e. The van der Waals surface area contributed by atoms with Gasteiger partial charge in [0.1, 0.15) is 0 Å². The summed E-state index contributed by atoms with van der Waals surface area (Å²) >= 11 is 0. The van der Waals surface area contributed by atoms with E-state index >= 15 is 0 Å². The lowest BCUT2D eigenvalue weighted by atomic mass is 10.1. The minimum absolute atomic E-state index is 0.0736. The number of aryl methyl sites for hydroxylation is 1. The van der Waals surface area contributed by atoms with Gasteiger partial charge in [0.15, 0.2) is 0 Å². The van der Waals surface area contributed by atoms with E-state index < -0.39 is 0 Å². The second kappa shape index (κ2) is 4.14. The highest BCUT2D eigenvalue weighted by Gasteiger charge is 1.88. The van der Waals surface area contributed by atoms with Crippen molar-refractivity contribution in [2.24, 2.45) is 0 Å². The molecule has 58 valence electrons. The van der Waals surface area contributed by atoms with Crippen LogP contribution >= 0.6 is 0 Å². The van der Waals surface area contributed by atoms with Crippen LogP contribution in [-0.4, -0.2) is 9.52 Å². The first-order chi connectivity index (χ1) is 5.34. The van der Waals surface area contributed by atoms with E-state index in [1.165, 1.54) is 11.1 Å². The van der Waals surface area contributed by atoms with Crippen LogP contribution < -0.4 is 0 Å². The Kier molecular flexibility index (Phi) is 3.11. The number of hydrogen-bond acceptors (Lipinski definition) is 0. The van der Waals surface area contributed by atoms with Crippen LogP contribution in [0.3, 0.4) is 0 Å². The first kappa shape index (κ1) is 8.28. The van der Waals surface area contributed by atoms with Crippen molar-refractivity contribution in [3.8, 4) is 0 Å². The van der Waals surface area contributed by atoms with Crippen LogP contribution in [0.4, 0.5) is 0 Å². The van der Waals surface area contributed by atoms with Gasteiger partial charge in [0, 0.05) is 9.52 Å². The van der Waals surface area contributed by atoms with Crippen molar-refractivity contribution in [2.75, 3.05) is 0 Å². The van der Waals surface area contributed by atoms with Gasteiger partial charge in [0.25, 0.3) is 0 Å². The van der Waals surface area contributed by atoms with Crippen LogP contribution in [0.2, 0.25) is 6.55 Å². The molecule has 0 bridgehead atoms. The molecule has 0 aliphatic heterocycles. The van der Waals surface area contributed by atoms with Gasteiger partial charge in [-0.3, -0.25) is 0 Å². The lowest BCUT2D eigenvalue weighted by molar-refractivity contribution is 1.45. The monoisotopic (exact) mass is 162 g/mol. The second-order valence-corrected chi connectivity index (χ2v) is 3.96. The van der Waals surface area contributed by atoms with E-state index in [0.29, 0.717) is 0 Å².